The quantitative estimate of drug-likeness (QED) is 0.562. The first-order valence-electron chi connectivity index (χ1n) is 6.23. The molecule has 0 heterocycles. The fraction of sp³-hybridized carbons (Fsp3) is 0.538. The summed E-state index contributed by atoms with van der Waals surface area (Å²) < 4.78 is 62.1. The molecule has 8 heteroatoms. The molecule has 21 heavy (non-hydrogen) atoms. The van der Waals surface area contributed by atoms with Crippen molar-refractivity contribution < 1.29 is 31.8 Å². The van der Waals surface area contributed by atoms with E-state index < -0.39 is 18.8 Å². The van der Waals surface area contributed by atoms with E-state index in [4.69, 9.17) is 9.47 Å². The zero-order valence-corrected chi connectivity index (χ0v) is 11.5. The Bertz CT molecular complexity index is 426. The lowest BCUT2D eigenvalue weighted by Gasteiger charge is -2.11. The molecule has 120 valence electrons. The number of halogens is 4. The monoisotopic (exact) mass is 311 g/mol. The van der Waals surface area contributed by atoms with Crippen LogP contribution in [-0.4, -0.2) is 39.8 Å². The second kappa shape index (κ2) is 8.81. The summed E-state index contributed by atoms with van der Waals surface area (Å²) in [5.41, 5.74) is 0.623. The summed E-state index contributed by atoms with van der Waals surface area (Å²) in [6.07, 6.45) is -4.69. The van der Waals surface area contributed by atoms with Gasteiger partial charge in [0, 0.05) is 26.3 Å². The smallest absolute Gasteiger partial charge is 0.491 e. The molecule has 0 aliphatic rings. The molecule has 0 aliphatic carbocycles. The summed E-state index contributed by atoms with van der Waals surface area (Å²) in [6, 6.07) is 3.97. The van der Waals surface area contributed by atoms with Crippen LogP contribution in [0.2, 0.25) is 0 Å². The number of hydrogen-bond donors (Lipinski definition) is 1. The van der Waals surface area contributed by atoms with Crippen molar-refractivity contribution in [1.29, 1.82) is 0 Å². The number of rotatable bonds is 9. The van der Waals surface area contributed by atoms with Crippen molar-refractivity contribution in [3.05, 3.63) is 29.6 Å². The molecular formula is C13H17F4NO3. The number of methoxy groups -OCH3 is 1. The molecule has 1 aromatic rings. The van der Waals surface area contributed by atoms with Gasteiger partial charge in [0.25, 0.3) is 0 Å². The molecule has 0 bridgehead atoms. The molecular weight excluding hydrogens is 294 g/mol. The SMILES string of the molecule is COCCNCc1cc(F)cc(OCCOC(F)(F)F)c1. The molecule has 0 unspecified atom stereocenters. The maximum atomic E-state index is 13.4. The van der Waals surface area contributed by atoms with E-state index in [9.17, 15) is 17.6 Å². The van der Waals surface area contributed by atoms with E-state index in [1.54, 1.807) is 13.2 Å². The van der Waals surface area contributed by atoms with Crippen molar-refractivity contribution in [2.75, 3.05) is 33.5 Å². The number of ether oxygens (including phenoxy) is 3. The molecule has 0 radical (unpaired) electrons. The summed E-state index contributed by atoms with van der Waals surface area (Å²) in [5, 5.41) is 3.02. The Hall–Kier alpha value is -1.38. The van der Waals surface area contributed by atoms with Gasteiger partial charge < -0.3 is 14.8 Å². The van der Waals surface area contributed by atoms with Crippen LogP contribution in [-0.2, 0) is 16.0 Å². The second-order valence-corrected chi connectivity index (χ2v) is 4.11. The minimum Gasteiger partial charge on any atom is -0.491 e. The predicted molar refractivity (Wildman–Crippen MR) is 67.5 cm³/mol. The molecule has 1 aromatic carbocycles. The summed E-state index contributed by atoms with van der Waals surface area (Å²) in [6.45, 7) is 0.549. The molecule has 0 aliphatic heterocycles. The Labute approximate surface area is 120 Å². The summed E-state index contributed by atoms with van der Waals surface area (Å²) >= 11 is 0. The van der Waals surface area contributed by atoms with E-state index in [2.05, 4.69) is 10.1 Å². The van der Waals surface area contributed by atoms with Gasteiger partial charge in [-0.1, -0.05) is 0 Å². The van der Waals surface area contributed by atoms with Gasteiger partial charge in [0.05, 0.1) is 13.2 Å². The molecule has 1 rings (SSSR count). The largest absolute Gasteiger partial charge is 0.522 e. The fourth-order valence-electron chi connectivity index (χ4n) is 1.53. The molecule has 0 amide bonds. The molecule has 1 N–H and O–H groups in total. The van der Waals surface area contributed by atoms with E-state index in [0.29, 0.717) is 25.3 Å². The van der Waals surface area contributed by atoms with Crippen molar-refractivity contribution in [2.45, 2.75) is 12.9 Å². The van der Waals surface area contributed by atoms with E-state index in [-0.39, 0.29) is 12.4 Å². The number of hydrogen-bond acceptors (Lipinski definition) is 4. The first-order valence-corrected chi connectivity index (χ1v) is 6.23. The number of nitrogens with one attached hydrogen (secondary N) is 1. The van der Waals surface area contributed by atoms with Gasteiger partial charge in [-0.15, -0.1) is 13.2 Å². The highest BCUT2D eigenvalue weighted by Crippen LogP contribution is 2.18. The highest BCUT2D eigenvalue weighted by atomic mass is 19.4. The van der Waals surface area contributed by atoms with E-state index in [1.807, 2.05) is 0 Å². The Kier molecular flexibility index (Phi) is 7.41. The van der Waals surface area contributed by atoms with Crippen LogP contribution in [0.5, 0.6) is 5.75 Å². The Balaban J connectivity index is 2.41. The van der Waals surface area contributed by atoms with Crippen LogP contribution in [0.15, 0.2) is 18.2 Å². The Morgan fingerprint density at radius 3 is 2.52 bits per heavy atom. The normalized spacial score (nSPS) is 11.7. The molecule has 0 fully saturated rings. The van der Waals surface area contributed by atoms with Crippen LogP contribution in [0.3, 0.4) is 0 Å². The minimum atomic E-state index is -4.69. The number of benzene rings is 1. The van der Waals surface area contributed by atoms with Crippen LogP contribution < -0.4 is 10.1 Å². The third kappa shape index (κ3) is 8.49. The van der Waals surface area contributed by atoms with E-state index in [0.717, 1.165) is 6.07 Å². The molecule has 0 aromatic heterocycles. The van der Waals surface area contributed by atoms with Crippen LogP contribution in [0.1, 0.15) is 5.56 Å². The van der Waals surface area contributed by atoms with Crippen LogP contribution in [0.4, 0.5) is 17.6 Å². The molecule has 0 saturated carbocycles. The highest BCUT2D eigenvalue weighted by Gasteiger charge is 2.28. The van der Waals surface area contributed by atoms with Crippen LogP contribution >= 0.6 is 0 Å². The molecule has 4 nitrogen and oxygen atoms in total. The molecule has 0 saturated heterocycles. The maximum Gasteiger partial charge on any atom is 0.522 e. The van der Waals surface area contributed by atoms with Crippen LogP contribution in [0.25, 0.3) is 0 Å². The standard InChI is InChI=1S/C13H17F4NO3/c1-19-3-2-18-9-10-6-11(14)8-12(7-10)20-4-5-21-13(15,16)17/h6-8,18H,2-5,9H2,1H3. The van der Waals surface area contributed by atoms with Gasteiger partial charge in [-0.25, -0.2) is 4.39 Å². The highest BCUT2D eigenvalue weighted by molar-refractivity contribution is 5.29. The zero-order valence-electron chi connectivity index (χ0n) is 11.5. The van der Waals surface area contributed by atoms with Crippen molar-refractivity contribution in [2.24, 2.45) is 0 Å². The zero-order chi connectivity index (χ0) is 15.7. The third-order valence-electron chi connectivity index (χ3n) is 2.36. The lowest BCUT2D eigenvalue weighted by molar-refractivity contribution is -0.325. The Morgan fingerprint density at radius 1 is 1.10 bits per heavy atom. The first kappa shape index (κ1) is 17.7. The van der Waals surface area contributed by atoms with Gasteiger partial charge in [0.1, 0.15) is 18.2 Å². The van der Waals surface area contributed by atoms with Gasteiger partial charge >= 0.3 is 6.36 Å². The topological polar surface area (TPSA) is 39.7 Å². The lowest BCUT2D eigenvalue weighted by atomic mass is 10.2. The average molecular weight is 311 g/mol. The third-order valence-corrected chi connectivity index (χ3v) is 2.36. The summed E-state index contributed by atoms with van der Waals surface area (Å²) in [4.78, 5) is 0. The Morgan fingerprint density at radius 2 is 1.86 bits per heavy atom. The lowest BCUT2D eigenvalue weighted by Crippen LogP contribution is -2.19. The van der Waals surface area contributed by atoms with Gasteiger partial charge in [-0.05, 0) is 17.7 Å². The van der Waals surface area contributed by atoms with Gasteiger partial charge in [-0.2, -0.15) is 0 Å². The fourth-order valence-corrected chi connectivity index (χ4v) is 1.53. The first-order chi connectivity index (χ1) is 9.90. The summed E-state index contributed by atoms with van der Waals surface area (Å²) in [5.74, 6) is -0.364. The second-order valence-electron chi connectivity index (χ2n) is 4.11. The minimum absolute atomic E-state index is 0.157. The summed E-state index contributed by atoms with van der Waals surface area (Å²) in [7, 11) is 1.57. The van der Waals surface area contributed by atoms with E-state index in [1.165, 1.54) is 6.07 Å². The molecule has 0 spiro atoms. The van der Waals surface area contributed by atoms with Crippen LogP contribution in [0, 0.1) is 5.82 Å². The van der Waals surface area contributed by atoms with Crippen molar-refractivity contribution in [3.8, 4) is 5.75 Å². The van der Waals surface area contributed by atoms with Crippen molar-refractivity contribution in [3.63, 3.8) is 0 Å². The average Bonchev–Trinajstić information content (AvgIpc) is 2.38. The van der Waals surface area contributed by atoms with Gasteiger partial charge in [0.15, 0.2) is 0 Å². The predicted octanol–water partition coefficient (Wildman–Crippen LogP) is 2.48. The number of alkyl halides is 3. The van der Waals surface area contributed by atoms with Gasteiger partial charge in [-0.3, -0.25) is 4.74 Å². The van der Waals surface area contributed by atoms with Crippen molar-refractivity contribution in [1.82, 2.24) is 5.32 Å². The van der Waals surface area contributed by atoms with Gasteiger partial charge in [0.2, 0.25) is 0 Å². The maximum absolute atomic E-state index is 13.4. The molecule has 0 atom stereocenters. The van der Waals surface area contributed by atoms with Crippen molar-refractivity contribution >= 4 is 0 Å². The van der Waals surface area contributed by atoms with E-state index >= 15 is 0 Å².